The zero-order valence-corrected chi connectivity index (χ0v) is 13.2. The maximum atomic E-state index is 12.2. The minimum Gasteiger partial charge on any atom is -0.481 e. The van der Waals surface area contributed by atoms with E-state index in [4.69, 9.17) is 5.11 Å². The van der Waals surface area contributed by atoms with Crippen molar-refractivity contribution >= 4 is 11.9 Å². The molecule has 1 aliphatic rings. The van der Waals surface area contributed by atoms with Crippen LogP contribution >= 0.6 is 0 Å². The number of likely N-dealkylation sites (tertiary alicyclic amines) is 1. The van der Waals surface area contributed by atoms with Gasteiger partial charge < -0.3 is 10.4 Å². The Bertz CT molecular complexity index is 544. The molecule has 5 heteroatoms. The van der Waals surface area contributed by atoms with Gasteiger partial charge >= 0.3 is 5.97 Å². The number of aryl methyl sites for hydroxylation is 1. The van der Waals surface area contributed by atoms with Gasteiger partial charge in [0.05, 0.1) is 12.0 Å². The Morgan fingerprint density at radius 1 is 1.41 bits per heavy atom. The third-order valence-electron chi connectivity index (χ3n) is 4.45. The van der Waals surface area contributed by atoms with Crippen LogP contribution in [-0.4, -0.2) is 47.6 Å². The lowest BCUT2D eigenvalue weighted by Gasteiger charge is -2.23. The average molecular weight is 304 g/mol. The van der Waals surface area contributed by atoms with Gasteiger partial charge in [-0.3, -0.25) is 14.5 Å². The Morgan fingerprint density at radius 2 is 2.14 bits per heavy atom. The highest BCUT2D eigenvalue weighted by Crippen LogP contribution is 2.18. The van der Waals surface area contributed by atoms with E-state index in [2.05, 4.69) is 24.4 Å². The number of carbonyl (C=O) groups excluding carboxylic acids is 1. The normalized spacial score (nSPS) is 19.8. The summed E-state index contributed by atoms with van der Waals surface area (Å²) in [5.74, 6) is -1.14. The number of aliphatic carboxylic acids is 1. The molecule has 2 unspecified atom stereocenters. The SMILES string of the molecule is Cc1ccccc1CCNC(=O)C(C)N1CCC(C(=O)O)C1. The fourth-order valence-corrected chi connectivity index (χ4v) is 2.87. The molecular formula is C17H24N2O3. The van der Waals surface area contributed by atoms with Crippen molar-refractivity contribution in [1.29, 1.82) is 0 Å². The van der Waals surface area contributed by atoms with Gasteiger partial charge in [-0.05, 0) is 44.4 Å². The Kier molecular flexibility index (Phi) is 5.55. The number of hydrogen-bond donors (Lipinski definition) is 2. The lowest BCUT2D eigenvalue weighted by Crippen LogP contribution is -2.44. The van der Waals surface area contributed by atoms with Crippen LogP contribution in [0, 0.1) is 12.8 Å². The van der Waals surface area contributed by atoms with Crippen molar-refractivity contribution in [3.05, 3.63) is 35.4 Å². The second kappa shape index (κ2) is 7.40. The van der Waals surface area contributed by atoms with Gasteiger partial charge in [-0.2, -0.15) is 0 Å². The van der Waals surface area contributed by atoms with Crippen molar-refractivity contribution in [3.8, 4) is 0 Å². The first kappa shape index (κ1) is 16.5. The molecule has 2 rings (SSSR count). The molecule has 5 nitrogen and oxygen atoms in total. The van der Waals surface area contributed by atoms with Crippen LogP contribution < -0.4 is 5.32 Å². The van der Waals surface area contributed by atoms with Gasteiger partial charge in [0.2, 0.25) is 5.91 Å². The van der Waals surface area contributed by atoms with Crippen LogP contribution in [0.1, 0.15) is 24.5 Å². The lowest BCUT2D eigenvalue weighted by molar-refractivity contribution is -0.141. The summed E-state index contributed by atoms with van der Waals surface area (Å²) >= 11 is 0. The Hall–Kier alpha value is -1.88. The number of carboxylic acids is 1. The summed E-state index contributed by atoms with van der Waals surface area (Å²) in [7, 11) is 0. The third-order valence-corrected chi connectivity index (χ3v) is 4.45. The summed E-state index contributed by atoms with van der Waals surface area (Å²) in [5.41, 5.74) is 2.47. The van der Waals surface area contributed by atoms with E-state index in [9.17, 15) is 9.59 Å². The van der Waals surface area contributed by atoms with Crippen molar-refractivity contribution < 1.29 is 14.7 Å². The molecule has 1 aromatic rings. The summed E-state index contributed by atoms with van der Waals surface area (Å²) in [6.07, 6.45) is 1.43. The van der Waals surface area contributed by atoms with Crippen molar-refractivity contribution in [2.75, 3.05) is 19.6 Å². The predicted octanol–water partition coefficient (Wildman–Crippen LogP) is 1.45. The number of carbonyl (C=O) groups is 2. The molecule has 2 N–H and O–H groups in total. The van der Waals surface area contributed by atoms with E-state index in [1.165, 1.54) is 11.1 Å². The van der Waals surface area contributed by atoms with Gasteiger partial charge in [0.1, 0.15) is 0 Å². The molecule has 1 saturated heterocycles. The lowest BCUT2D eigenvalue weighted by atomic mass is 10.1. The molecule has 1 aromatic carbocycles. The smallest absolute Gasteiger partial charge is 0.307 e. The molecule has 0 aliphatic carbocycles. The molecule has 1 aliphatic heterocycles. The molecule has 1 fully saturated rings. The van der Waals surface area contributed by atoms with Crippen molar-refractivity contribution in [3.63, 3.8) is 0 Å². The van der Waals surface area contributed by atoms with Gasteiger partial charge in [-0.15, -0.1) is 0 Å². The summed E-state index contributed by atoms with van der Waals surface area (Å²) in [5, 5.41) is 12.0. The van der Waals surface area contributed by atoms with Crippen LogP contribution in [0.5, 0.6) is 0 Å². The molecule has 0 aromatic heterocycles. The van der Waals surface area contributed by atoms with Crippen LogP contribution in [0.25, 0.3) is 0 Å². The quantitative estimate of drug-likeness (QED) is 0.834. The first-order valence-corrected chi connectivity index (χ1v) is 7.78. The molecular weight excluding hydrogens is 280 g/mol. The van der Waals surface area contributed by atoms with Crippen LogP contribution in [0.4, 0.5) is 0 Å². The second-order valence-corrected chi connectivity index (χ2v) is 5.96. The zero-order valence-electron chi connectivity index (χ0n) is 13.2. The fraction of sp³-hybridized carbons (Fsp3) is 0.529. The van der Waals surface area contributed by atoms with Crippen molar-refractivity contribution in [2.24, 2.45) is 5.92 Å². The molecule has 0 bridgehead atoms. The number of amides is 1. The summed E-state index contributed by atoms with van der Waals surface area (Å²) in [6, 6.07) is 7.87. The molecule has 2 atom stereocenters. The highest BCUT2D eigenvalue weighted by molar-refractivity contribution is 5.81. The molecule has 1 amide bonds. The number of benzene rings is 1. The van der Waals surface area contributed by atoms with E-state index >= 15 is 0 Å². The third kappa shape index (κ3) is 4.07. The molecule has 1 heterocycles. The summed E-state index contributed by atoms with van der Waals surface area (Å²) in [6.45, 7) is 5.64. The monoisotopic (exact) mass is 304 g/mol. The number of nitrogens with zero attached hydrogens (tertiary/aromatic N) is 1. The molecule has 120 valence electrons. The molecule has 22 heavy (non-hydrogen) atoms. The Balaban J connectivity index is 1.78. The second-order valence-electron chi connectivity index (χ2n) is 5.96. The van der Waals surface area contributed by atoms with E-state index in [0.29, 0.717) is 26.1 Å². The van der Waals surface area contributed by atoms with E-state index in [1.807, 2.05) is 24.0 Å². The highest BCUT2D eigenvalue weighted by atomic mass is 16.4. The van der Waals surface area contributed by atoms with Crippen molar-refractivity contribution in [1.82, 2.24) is 10.2 Å². The van der Waals surface area contributed by atoms with Gasteiger partial charge in [-0.25, -0.2) is 0 Å². The van der Waals surface area contributed by atoms with Crippen LogP contribution in [0.15, 0.2) is 24.3 Å². The number of nitrogens with one attached hydrogen (secondary N) is 1. The number of hydrogen-bond acceptors (Lipinski definition) is 3. The van der Waals surface area contributed by atoms with Gasteiger partial charge in [0.15, 0.2) is 0 Å². The topological polar surface area (TPSA) is 69.6 Å². The maximum absolute atomic E-state index is 12.2. The minimum absolute atomic E-state index is 0.0281. The molecule has 0 radical (unpaired) electrons. The van der Waals surface area contributed by atoms with E-state index in [-0.39, 0.29) is 17.9 Å². The fourth-order valence-electron chi connectivity index (χ4n) is 2.87. The summed E-state index contributed by atoms with van der Waals surface area (Å²) < 4.78 is 0. The number of carboxylic acid groups (broad SMARTS) is 1. The van der Waals surface area contributed by atoms with Gasteiger partial charge in [0.25, 0.3) is 0 Å². The largest absolute Gasteiger partial charge is 0.481 e. The average Bonchev–Trinajstić information content (AvgIpc) is 2.98. The molecule has 0 saturated carbocycles. The maximum Gasteiger partial charge on any atom is 0.307 e. The zero-order chi connectivity index (χ0) is 16.1. The van der Waals surface area contributed by atoms with E-state index in [0.717, 1.165) is 6.42 Å². The summed E-state index contributed by atoms with van der Waals surface area (Å²) in [4.78, 5) is 25.1. The standard InChI is InChI=1S/C17H24N2O3/c1-12-5-3-4-6-14(12)7-9-18-16(20)13(2)19-10-8-15(11-19)17(21)22/h3-6,13,15H,7-11H2,1-2H3,(H,18,20)(H,21,22). The Morgan fingerprint density at radius 3 is 2.77 bits per heavy atom. The predicted molar refractivity (Wildman–Crippen MR) is 84.7 cm³/mol. The van der Waals surface area contributed by atoms with Crippen LogP contribution in [0.2, 0.25) is 0 Å². The van der Waals surface area contributed by atoms with E-state index < -0.39 is 5.97 Å². The minimum atomic E-state index is -0.769. The van der Waals surface area contributed by atoms with Crippen LogP contribution in [0.3, 0.4) is 0 Å². The van der Waals surface area contributed by atoms with Crippen LogP contribution in [-0.2, 0) is 16.0 Å². The van der Waals surface area contributed by atoms with Crippen molar-refractivity contribution in [2.45, 2.75) is 32.7 Å². The molecule has 0 spiro atoms. The van der Waals surface area contributed by atoms with E-state index in [1.54, 1.807) is 0 Å². The first-order valence-electron chi connectivity index (χ1n) is 7.78. The first-order chi connectivity index (χ1) is 10.5. The highest BCUT2D eigenvalue weighted by Gasteiger charge is 2.32. The van der Waals surface area contributed by atoms with Gasteiger partial charge in [0, 0.05) is 13.1 Å². The number of rotatable bonds is 6. The van der Waals surface area contributed by atoms with Gasteiger partial charge in [-0.1, -0.05) is 24.3 Å². The Labute approximate surface area is 131 Å².